The smallest absolute Gasteiger partial charge is 0.305 e. The molecule has 1 amide bonds. The zero-order valence-corrected chi connectivity index (χ0v) is 10.8. The number of fused-ring (bicyclic) bond motifs is 1. The van der Waals surface area contributed by atoms with Crippen molar-refractivity contribution in [3.05, 3.63) is 36.2 Å². The Labute approximate surface area is 115 Å². The highest BCUT2D eigenvalue weighted by Gasteiger charge is 2.34. The first kappa shape index (κ1) is 12.7. The number of amides is 1. The van der Waals surface area contributed by atoms with Crippen molar-refractivity contribution in [2.45, 2.75) is 25.3 Å². The van der Waals surface area contributed by atoms with Crippen LogP contribution in [0.2, 0.25) is 0 Å². The van der Waals surface area contributed by atoms with Gasteiger partial charge in [-0.2, -0.15) is 5.10 Å². The standard InChI is InChI=1S/C14H15N3O3/c18-13(19)7-11(9-4-5-9)16-14(20)10-8-15-17-6-2-1-3-12(10)17/h1-3,6,8-9,11H,4-5,7H2,(H,16,20)(H,18,19). The number of carboxylic acid groups (broad SMARTS) is 1. The van der Waals surface area contributed by atoms with Crippen molar-refractivity contribution < 1.29 is 14.7 Å². The van der Waals surface area contributed by atoms with Crippen molar-refractivity contribution in [1.82, 2.24) is 14.9 Å². The topological polar surface area (TPSA) is 83.7 Å². The lowest BCUT2D eigenvalue weighted by molar-refractivity contribution is -0.137. The first-order valence-electron chi connectivity index (χ1n) is 6.60. The third-order valence-corrected chi connectivity index (χ3v) is 3.57. The highest BCUT2D eigenvalue weighted by Crippen LogP contribution is 2.34. The van der Waals surface area contributed by atoms with E-state index in [1.54, 1.807) is 10.7 Å². The minimum absolute atomic E-state index is 0.0321. The molecule has 2 heterocycles. The molecule has 2 aromatic rings. The van der Waals surface area contributed by atoms with Gasteiger partial charge in [0.1, 0.15) is 0 Å². The summed E-state index contributed by atoms with van der Waals surface area (Å²) in [4.78, 5) is 23.1. The van der Waals surface area contributed by atoms with Gasteiger partial charge in [-0.25, -0.2) is 4.52 Å². The molecule has 2 N–H and O–H groups in total. The maximum atomic E-state index is 12.3. The maximum Gasteiger partial charge on any atom is 0.305 e. The van der Waals surface area contributed by atoms with Gasteiger partial charge in [-0.3, -0.25) is 9.59 Å². The van der Waals surface area contributed by atoms with Crippen LogP contribution in [0.1, 0.15) is 29.6 Å². The summed E-state index contributed by atoms with van der Waals surface area (Å²) in [6.45, 7) is 0. The SMILES string of the molecule is O=C(O)CC(NC(=O)c1cnn2ccccc12)C1CC1. The fraction of sp³-hybridized carbons (Fsp3) is 0.357. The van der Waals surface area contributed by atoms with E-state index >= 15 is 0 Å². The van der Waals surface area contributed by atoms with Crippen LogP contribution in [-0.2, 0) is 4.79 Å². The van der Waals surface area contributed by atoms with Crippen LogP contribution >= 0.6 is 0 Å². The number of nitrogens with zero attached hydrogens (tertiary/aromatic N) is 2. The van der Waals surface area contributed by atoms with Crippen LogP contribution in [0.5, 0.6) is 0 Å². The third kappa shape index (κ3) is 2.49. The van der Waals surface area contributed by atoms with Crippen molar-refractivity contribution in [3.8, 4) is 0 Å². The van der Waals surface area contributed by atoms with Crippen LogP contribution in [-0.4, -0.2) is 32.6 Å². The van der Waals surface area contributed by atoms with Gasteiger partial charge in [-0.05, 0) is 30.9 Å². The summed E-state index contributed by atoms with van der Waals surface area (Å²) in [6.07, 6.45) is 5.20. The predicted octanol–water partition coefficient (Wildman–Crippen LogP) is 1.32. The largest absolute Gasteiger partial charge is 0.481 e. The van der Waals surface area contributed by atoms with Gasteiger partial charge >= 0.3 is 5.97 Å². The Morgan fingerprint density at radius 3 is 2.95 bits per heavy atom. The Morgan fingerprint density at radius 1 is 1.45 bits per heavy atom. The number of pyridine rings is 1. The fourth-order valence-corrected chi connectivity index (χ4v) is 2.38. The molecule has 0 bridgehead atoms. The molecule has 0 aliphatic heterocycles. The van der Waals surface area contributed by atoms with E-state index < -0.39 is 5.97 Å². The minimum Gasteiger partial charge on any atom is -0.481 e. The highest BCUT2D eigenvalue weighted by atomic mass is 16.4. The van der Waals surface area contributed by atoms with Crippen molar-refractivity contribution >= 4 is 17.4 Å². The lowest BCUT2D eigenvalue weighted by Gasteiger charge is -2.15. The van der Waals surface area contributed by atoms with E-state index in [0.717, 1.165) is 18.4 Å². The number of rotatable bonds is 5. The molecule has 6 nitrogen and oxygen atoms in total. The van der Waals surface area contributed by atoms with Gasteiger partial charge in [-0.15, -0.1) is 0 Å². The second-order valence-electron chi connectivity index (χ2n) is 5.10. The summed E-state index contributed by atoms with van der Waals surface area (Å²) < 4.78 is 1.62. The number of aliphatic carboxylic acids is 1. The average Bonchev–Trinajstić information content (AvgIpc) is 3.16. The van der Waals surface area contributed by atoms with Crippen LogP contribution < -0.4 is 5.32 Å². The van der Waals surface area contributed by atoms with Gasteiger partial charge < -0.3 is 10.4 Å². The molecule has 0 saturated heterocycles. The molecule has 20 heavy (non-hydrogen) atoms. The maximum absolute atomic E-state index is 12.3. The van der Waals surface area contributed by atoms with Crippen molar-refractivity contribution in [3.63, 3.8) is 0 Å². The van der Waals surface area contributed by atoms with E-state index in [1.165, 1.54) is 6.20 Å². The zero-order valence-electron chi connectivity index (χ0n) is 10.8. The van der Waals surface area contributed by atoms with Gasteiger partial charge in [-0.1, -0.05) is 6.07 Å². The number of carbonyl (C=O) groups excluding carboxylic acids is 1. The molecule has 0 spiro atoms. The quantitative estimate of drug-likeness (QED) is 0.860. The Morgan fingerprint density at radius 2 is 2.25 bits per heavy atom. The summed E-state index contributed by atoms with van der Waals surface area (Å²) in [7, 11) is 0. The van der Waals surface area contributed by atoms with Crippen LogP contribution in [0.3, 0.4) is 0 Å². The van der Waals surface area contributed by atoms with Crippen LogP contribution in [0, 0.1) is 5.92 Å². The number of carboxylic acids is 1. The third-order valence-electron chi connectivity index (χ3n) is 3.57. The first-order chi connectivity index (χ1) is 9.65. The van der Waals surface area contributed by atoms with Crippen LogP contribution in [0.15, 0.2) is 30.6 Å². The summed E-state index contributed by atoms with van der Waals surface area (Å²) in [5.74, 6) is -0.858. The molecule has 1 aliphatic rings. The molecule has 2 aromatic heterocycles. The Kier molecular flexibility index (Phi) is 3.14. The number of carbonyl (C=O) groups is 2. The van der Waals surface area contributed by atoms with Gasteiger partial charge in [0.15, 0.2) is 0 Å². The van der Waals surface area contributed by atoms with E-state index in [-0.39, 0.29) is 24.3 Å². The second kappa shape index (κ2) is 4.96. The van der Waals surface area contributed by atoms with Gasteiger partial charge in [0.05, 0.1) is 23.7 Å². The number of aromatic nitrogens is 2. The molecule has 6 heteroatoms. The van der Waals surface area contributed by atoms with Crippen molar-refractivity contribution in [2.75, 3.05) is 0 Å². The van der Waals surface area contributed by atoms with E-state index in [9.17, 15) is 9.59 Å². The second-order valence-corrected chi connectivity index (χ2v) is 5.10. The lowest BCUT2D eigenvalue weighted by atomic mass is 10.1. The van der Waals surface area contributed by atoms with E-state index in [0.29, 0.717) is 5.56 Å². The Bertz CT molecular complexity index is 660. The molecule has 1 unspecified atom stereocenters. The summed E-state index contributed by atoms with van der Waals surface area (Å²) >= 11 is 0. The molecule has 1 saturated carbocycles. The summed E-state index contributed by atoms with van der Waals surface area (Å²) in [5.41, 5.74) is 1.19. The molecule has 0 radical (unpaired) electrons. The predicted molar refractivity (Wildman–Crippen MR) is 71.4 cm³/mol. The number of nitrogens with one attached hydrogen (secondary N) is 1. The molecule has 1 fully saturated rings. The molecule has 3 rings (SSSR count). The summed E-state index contributed by atoms with van der Waals surface area (Å²) in [5, 5.41) is 15.8. The summed E-state index contributed by atoms with van der Waals surface area (Å²) in [6, 6.07) is 5.19. The molecule has 1 atom stereocenters. The Balaban J connectivity index is 1.79. The van der Waals surface area contributed by atoms with E-state index in [2.05, 4.69) is 10.4 Å². The normalized spacial score (nSPS) is 16.0. The lowest BCUT2D eigenvalue weighted by Crippen LogP contribution is -2.38. The van der Waals surface area contributed by atoms with Crippen LogP contribution in [0.25, 0.3) is 5.52 Å². The van der Waals surface area contributed by atoms with Crippen molar-refractivity contribution in [2.24, 2.45) is 5.92 Å². The first-order valence-corrected chi connectivity index (χ1v) is 6.60. The number of hydrogen-bond acceptors (Lipinski definition) is 3. The van der Waals surface area contributed by atoms with Crippen LogP contribution in [0.4, 0.5) is 0 Å². The molecule has 0 aromatic carbocycles. The molecular formula is C14H15N3O3. The average molecular weight is 273 g/mol. The van der Waals surface area contributed by atoms with Gasteiger partial charge in [0.25, 0.3) is 5.91 Å². The highest BCUT2D eigenvalue weighted by molar-refractivity contribution is 6.00. The fourth-order valence-electron chi connectivity index (χ4n) is 2.38. The van der Waals surface area contributed by atoms with Gasteiger partial charge in [0.2, 0.25) is 0 Å². The molecular weight excluding hydrogens is 258 g/mol. The van der Waals surface area contributed by atoms with Crippen molar-refractivity contribution in [1.29, 1.82) is 0 Å². The van der Waals surface area contributed by atoms with Gasteiger partial charge in [0, 0.05) is 12.2 Å². The number of hydrogen-bond donors (Lipinski definition) is 2. The molecule has 104 valence electrons. The molecule has 1 aliphatic carbocycles. The monoisotopic (exact) mass is 273 g/mol. The van der Waals surface area contributed by atoms with E-state index in [1.807, 2.05) is 18.2 Å². The minimum atomic E-state index is -0.887. The Hall–Kier alpha value is -2.37. The zero-order chi connectivity index (χ0) is 14.1. The van der Waals surface area contributed by atoms with E-state index in [4.69, 9.17) is 5.11 Å².